The first-order valence-electron chi connectivity index (χ1n) is 10.3. The number of alkyl halides is 3. The van der Waals surface area contributed by atoms with E-state index in [-0.39, 0.29) is 27.5 Å². The lowest BCUT2D eigenvalue weighted by Crippen LogP contribution is -2.46. The average Bonchev–Trinajstić information content (AvgIpc) is 3.04. The second-order valence-electron chi connectivity index (χ2n) is 7.96. The zero-order valence-corrected chi connectivity index (χ0v) is 18.5. The van der Waals surface area contributed by atoms with Gasteiger partial charge < -0.3 is 10.0 Å². The zero-order valence-electron chi connectivity index (χ0n) is 17.7. The van der Waals surface area contributed by atoms with Crippen LogP contribution in [0.25, 0.3) is 10.2 Å². The highest BCUT2D eigenvalue weighted by atomic mass is 32.1. The van der Waals surface area contributed by atoms with Crippen LogP contribution in [-0.4, -0.2) is 49.9 Å². The fourth-order valence-electron chi connectivity index (χ4n) is 3.94. The highest BCUT2D eigenvalue weighted by Gasteiger charge is 2.34. The molecule has 11 heteroatoms. The molecule has 1 amide bonds. The fourth-order valence-corrected chi connectivity index (χ4v) is 5.22. The predicted octanol–water partition coefficient (Wildman–Crippen LogP) is 2.88. The Morgan fingerprint density at radius 1 is 1.16 bits per heavy atom. The highest BCUT2D eigenvalue weighted by molar-refractivity contribution is 7.20. The van der Waals surface area contributed by atoms with Crippen molar-refractivity contribution in [2.75, 3.05) is 13.1 Å². The van der Waals surface area contributed by atoms with Gasteiger partial charge >= 0.3 is 11.9 Å². The zero-order chi connectivity index (χ0) is 23.1. The van der Waals surface area contributed by atoms with Crippen LogP contribution in [0, 0.1) is 6.92 Å². The molecule has 0 aliphatic carbocycles. The molecule has 0 unspecified atom stereocenters. The van der Waals surface area contributed by atoms with Gasteiger partial charge in [-0.1, -0.05) is 6.92 Å². The Morgan fingerprint density at radius 2 is 1.77 bits per heavy atom. The van der Waals surface area contributed by atoms with E-state index < -0.39 is 36.0 Å². The van der Waals surface area contributed by atoms with Gasteiger partial charge in [0, 0.05) is 26.2 Å². The van der Waals surface area contributed by atoms with Crippen LogP contribution in [0.4, 0.5) is 13.2 Å². The predicted molar refractivity (Wildman–Crippen MR) is 112 cm³/mol. The minimum Gasteiger partial charge on any atom is -0.390 e. The van der Waals surface area contributed by atoms with E-state index in [0.717, 1.165) is 20.5 Å². The Labute approximate surface area is 180 Å². The van der Waals surface area contributed by atoms with Gasteiger partial charge in [0.1, 0.15) is 4.83 Å². The van der Waals surface area contributed by atoms with Crippen molar-refractivity contribution in [3.8, 4) is 0 Å². The molecule has 0 aromatic carbocycles. The van der Waals surface area contributed by atoms with Crippen molar-refractivity contribution < 1.29 is 23.1 Å². The van der Waals surface area contributed by atoms with Crippen LogP contribution in [-0.2, 0) is 13.1 Å². The molecule has 3 heterocycles. The number of hydrogen-bond donors (Lipinski definition) is 1. The summed E-state index contributed by atoms with van der Waals surface area (Å²) in [6.07, 6.45) is -4.24. The summed E-state index contributed by atoms with van der Waals surface area (Å²) in [5.41, 5.74) is -1.85. The van der Waals surface area contributed by atoms with Gasteiger partial charge in [0.15, 0.2) is 0 Å². The van der Waals surface area contributed by atoms with Gasteiger partial charge in [-0.15, -0.1) is 11.3 Å². The number of nitrogens with zero attached hydrogens (tertiary/aromatic N) is 3. The second kappa shape index (κ2) is 8.42. The molecule has 2 aromatic rings. The summed E-state index contributed by atoms with van der Waals surface area (Å²) in [5, 5.41) is 10.5. The van der Waals surface area contributed by atoms with Crippen LogP contribution in [0.5, 0.6) is 0 Å². The number of fused-ring (bicyclic) bond motifs is 1. The van der Waals surface area contributed by atoms with Gasteiger partial charge in [-0.25, -0.2) is 4.79 Å². The molecule has 31 heavy (non-hydrogen) atoms. The Bertz CT molecular complexity index is 1110. The molecule has 1 aliphatic heterocycles. The third-order valence-corrected chi connectivity index (χ3v) is 7.37. The molecule has 2 aromatic heterocycles. The first-order chi connectivity index (χ1) is 14.4. The molecule has 0 saturated carbocycles. The number of carbonyl (C=O) groups is 1. The lowest BCUT2D eigenvalue weighted by Gasteiger charge is -2.37. The molecule has 0 radical (unpaired) electrons. The summed E-state index contributed by atoms with van der Waals surface area (Å²) >= 11 is 0.885. The van der Waals surface area contributed by atoms with E-state index in [1.807, 2.05) is 6.92 Å². The van der Waals surface area contributed by atoms with Crippen LogP contribution in [0.2, 0.25) is 0 Å². The van der Waals surface area contributed by atoms with Gasteiger partial charge in [-0.05, 0) is 38.7 Å². The van der Waals surface area contributed by atoms with Crippen LogP contribution in [0.3, 0.4) is 0 Å². The van der Waals surface area contributed by atoms with E-state index in [0.29, 0.717) is 37.9 Å². The number of piperidine rings is 1. The number of likely N-dealkylation sites (tertiary alicyclic amines) is 1. The first-order valence-corrected chi connectivity index (χ1v) is 11.1. The van der Waals surface area contributed by atoms with Gasteiger partial charge in [-0.3, -0.25) is 18.7 Å². The van der Waals surface area contributed by atoms with Crippen molar-refractivity contribution in [2.45, 2.75) is 71.3 Å². The Balaban J connectivity index is 2.08. The maximum absolute atomic E-state index is 13.1. The molecule has 1 saturated heterocycles. The Morgan fingerprint density at radius 3 is 2.29 bits per heavy atom. The maximum atomic E-state index is 13.1. The van der Waals surface area contributed by atoms with Crippen LogP contribution >= 0.6 is 11.3 Å². The molecule has 0 bridgehead atoms. The van der Waals surface area contributed by atoms with Crippen molar-refractivity contribution in [2.24, 2.45) is 0 Å². The quantitative estimate of drug-likeness (QED) is 0.742. The molecular weight excluding hydrogens is 435 g/mol. The van der Waals surface area contributed by atoms with E-state index in [1.165, 1.54) is 0 Å². The second-order valence-corrected chi connectivity index (χ2v) is 8.95. The standard InChI is InChI=1S/C20H26F3N3O4S/c1-4-19(30)6-9-24(10-7-19)16(28)14-12(3)13-15(27)25(5-2)18(29)26(17(13)31-14)11-8-20(21,22)23/h30H,4-11H2,1-3H3. The molecule has 1 fully saturated rings. The number of aromatic nitrogens is 2. The first kappa shape index (κ1) is 23.5. The molecule has 1 aliphatic rings. The van der Waals surface area contributed by atoms with E-state index in [1.54, 1.807) is 18.7 Å². The SMILES string of the molecule is CCn1c(=O)c2c(C)c(C(=O)N3CCC(O)(CC)CC3)sc2n(CCC(F)(F)F)c1=O. The molecule has 7 nitrogen and oxygen atoms in total. The number of carbonyl (C=O) groups excluding carboxylic acids is 1. The Kier molecular flexibility index (Phi) is 6.39. The van der Waals surface area contributed by atoms with Gasteiger partial charge in [0.25, 0.3) is 11.5 Å². The van der Waals surface area contributed by atoms with E-state index in [9.17, 15) is 32.7 Å². The summed E-state index contributed by atoms with van der Waals surface area (Å²) in [4.78, 5) is 40.6. The molecule has 1 N–H and O–H groups in total. The van der Waals surface area contributed by atoms with Crippen molar-refractivity contribution in [3.63, 3.8) is 0 Å². The smallest absolute Gasteiger partial charge is 0.390 e. The molecule has 0 spiro atoms. The van der Waals surface area contributed by atoms with Crippen molar-refractivity contribution in [3.05, 3.63) is 31.3 Å². The number of aliphatic hydroxyl groups is 1. The number of amides is 1. The number of thiophene rings is 1. The monoisotopic (exact) mass is 461 g/mol. The number of aryl methyl sites for hydroxylation is 2. The largest absolute Gasteiger partial charge is 0.390 e. The third kappa shape index (κ3) is 4.43. The molecule has 3 rings (SSSR count). The van der Waals surface area contributed by atoms with Crippen molar-refractivity contribution in [1.82, 2.24) is 14.0 Å². The average molecular weight is 462 g/mol. The van der Waals surface area contributed by atoms with Crippen molar-refractivity contribution >= 4 is 27.5 Å². The highest BCUT2D eigenvalue weighted by Crippen LogP contribution is 2.32. The Hall–Kier alpha value is -2.14. The van der Waals surface area contributed by atoms with Crippen LogP contribution < -0.4 is 11.2 Å². The van der Waals surface area contributed by atoms with Gasteiger partial charge in [-0.2, -0.15) is 13.2 Å². The summed E-state index contributed by atoms with van der Waals surface area (Å²) in [5.74, 6) is -0.339. The summed E-state index contributed by atoms with van der Waals surface area (Å²) in [7, 11) is 0. The van der Waals surface area contributed by atoms with Crippen LogP contribution in [0.1, 0.15) is 54.8 Å². The summed E-state index contributed by atoms with van der Waals surface area (Å²) in [6.45, 7) is 5.11. The number of rotatable bonds is 5. The number of halogens is 3. The molecule has 0 atom stereocenters. The third-order valence-electron chi connectivity index (χ3n) is 6.06. The maximum Gasteiger partial charge on any atom is 0.390 e. The van der Waals surface area contributed by atoms with Crippen LogP contribution in [0.15, 0.2) is 9.59 Å². The van der Waals surface area contributed by atoms with E-state index in [2.05, 4.69) is 0 Å². The molecular formula is C20H26F3N3O4S. The topological polar surface area (TPSA) is 84.5 Å². The minimum atomic E-state index is -4.46. The van der Waals surface area contributed by atoms with Crippen molar-refractivity contribution in [1.29, 1.82) is 0 Å². The van der Waals surface area contributed by atoms with E-state index in [4.69, 9.17) is 0 Å². The van der Waals surface area contributed by atoms with Gasteiger partial charge in [0.2, 0.25) is 0 Å². The lowest BCUT2D eigenvalue weighted by atomic mass is 9.89. The van der Waals surface area contributed by atoms with E-state index >= 15 is 0 Å². The number of hydrogen-bond acceptors (Lipinski definition) is 5. The van der Waals surface area contributed by atoms with Gasteiger partial charge in [0.05, 0.1) is 22.3 Å². The fraction of sp³-hybridized carbons (Fsp3) is 0.650. The minimum absolute atomic E-state index is 0.0138. The summed E-state index contributed by atoms with van der Waals surface area (Å²) in [6, 6.07) is 0. The summed E-state index contributed by atoms with van der Waals surface area (Å²) < 4.78 is 40.3. The normalized spacial score (nSPS) is 16.8. The molecule has 172 valence electrons. The lowest BCUT2D eigenvalue weighted by molar-refractivity contribution is -0.136.